The third-order valence-corrected chi connectivity index (χ3v) is 22.5. The molecule has 0 bridgehead atoms. The highest BCUT2D eigenvalue weighted by Gasteiger charge is 2.09. The first-order valence-corrected chi connectivity index (χ1v) is 53.0. The third kappa shape index (κ3) is 124. The van der Waals surface area contributed by atoms with Gasteiger partial charge in [-0.1, -0.05) is 530 Å². The van der Waals surface area contributed by atoms with E-state index >= 15 is 0 Å². The van der Waals surface area contributed by atoms with Crippen molar-refractivity contribution in [1.82, 2.24) is 0 Å². The van der Waals surface area contributed by atoms with Gasteiger partial charge in [0.25, 0.3) is 0 Å². The summed E-state index contributed by atoms with van der Waals surface area (Å²) in [6.45, 7) is 48.4. The van der Waals surface area contributed by atoms with Crippen LogP contribution in [0.4, 0.5) is 0 Å². The summed E-state index contributed by atoms with van der Waals surface area (Å²) in [6, 6.07) is 0. The van der Waals surface area contributed by atoms with E-state index in [-0.39, 0.29) is 35.8 Å². The predicted octanol–water partition coefficient (Wildman–Crippen LogP) is 36.4. The maximum absolute atomic E-state index is 11.2. The smallest absolute Gasteiger partial charge is 0.333 e. The molecule has 0 heterocycles. The van der Waals surface area contributed by atoms with Gasteiger partial charge in [-0.15, -0.1) is 0 Å². The van der Waals surface area contributed by atoms with Crippen LogP contribution in [-0.2, 0) is 57.2 Å². The lowest BCUT2D eigenvalue weighted by Crippen LogP contribution is -2.05. The minimum atomic E-state index is -0.258. The molecule has 0 radical (unpaired) electrons. The van der Waals surface area contributed by atoms with Gasteiger partial charge in [-0.05, 0) is 80.1 Å². The Balaban J connectivity index is -0.000000338. The van der Waals surface area contributed by atoms with Gasteiger partial charge in [0.05, 0.1) is 39.6 Å². The molecule has 0 saturated carbocycles. The van der Waals surface area contributed by atoms with Crippen LogP contribution >= 0.6 is 0 Å². The van der Waals surface area contributed by atoms with Gasteiger partial charge in [0.1, 0.15) is 0 Å². The highest BCUT2D eigenvalue weighted by Crippen LogP contribution is 2.20. The number of carbonyl (C=O) groups is 6. The second kappa shape index (κ2) is 114. The number of ether oxygens (including phenoxy) is 6. The van der Waals surface area contributed by atoms with Crippen LogP contribution in [-0.4, -0.2) is 75.5 Å². The molecule has 0 aromatic rings. The first-order chi connectivity index (χ1) is 60.1. The Bertz CT molecular complexity index is 2350. The van der Waals surface area contributed by atoms with Crippen LogP contribution < -0.4 is 0 Å². The van der Waals surface area contributed by atoms with Gasteiger partial charge < -0.3 is 28.4 Å². The number of esters is 6. The summed E-state index contributed by atoms with van der Waals surface area (Å²) in [4.78, 5) is 66.8. The van der Waals surface area contributed by atoms with Gasteiger partial charge in [0, 0.05) is 33.4 Å². The number of hydrogen-bond acceptors (Lipinski definition) is 12. The fourth-order valence-electron chi connectivity index (χ4n) is 14.1. The summed E-state index contributed by atoms with van der Waals surface area (Å²) in [5, 5.41) is 0. The fraction of sp³-hybridized carbons (Fsp3) is 0.839. The van der Waals surface area contributed by atoms with Crippen molar-refractivity contribution < 1.29 is 57.2 Å². The first kappa shape index (κ1) is 130. The molecule has 0 spiro atoms. The van der Waals surface area contributed by atoms with Crippen molar-refractivity contribution in [2.45, 2.75) is 571 Å². The van der Waals surface area contributed by atoms with Crippen LogP contribution in [0.1, 0.15) is 571 Å². The third-order valence-electron chi connectivity index (χ3n) is 22.5. The van der Waals surface area contributed by atoms with E-state index in [1.807, 2.05) is 0 Å². The first-order valence-electron chi connectivity index (χ1n) is 53.0. The Morgan fingerprint density at radius 2 is 0.194 bits per heavy atom. The van der Waals surface area contributed by atoms with E-state index in [0.717, 1.165) is 38.5 Å². The molecular formula is C112H212O12. The van der Waals surface area contributed by atoms with Crippen molar-refractivity contribution >= 4 is 35.8 Å². The van der Waals surface area contributed by atoms with Crippen molar-refractivity contribution in [3.8, 4) is 0 Å². The minimum Gasteiger partial charge on any atom is -0.462 e. The van der Waals surface area contributed by atoms with E-state index in [2.05, 4.69) is 81.0 Å². The summed E-state index contributed by atoms with van der Waals surface area (Å²) in [6.07, 6.45) is 101. The van der Waals surface area contributed by atoms with E-state index < -0.39 is 0 Å². The average molecular weight is 1750 g/mol. The summed E-state index contributed by atoms with van der Waals surface area (Å²) >= 11 is 0. The van der Waals surface area contributed by atoms with E-state index in [4.69, 9.17) is 28.4 Å². The SMILES string of the molecule is C=C(C)C(=O)OCCCCCCCCCCCC.C=C(C)C(=O)OCCCCCCCCCCCCC.C=C(C)C(=O)OCCCCCCCCCCCCCC.C=C(C)C(=O)OCCCCCCCCCCCCCCC.C=C(C)C(=O)OCCCCCCCCCCCCCCCC.C=C(C)C(=O)OCCCCCCCCCCCCCCCCCC. The van der Waals surface area contributed by atoms with Crippen LogP contribution in [0.25, 0.3) is 0 Å². The highest BCUT2D eigenvalue weighted by molar-refractivity contribution is 5.88. The van der Waals surface area contributed by atoms with Gasteiger partial charge in [-0.2, -0.15) is 0 Å². The van der Waals surface area contributed by atoms with E-state index in [0.29, 0.717) is 73.1 Å². The standard InChI is InChI=1S/C22H42O2.C20H38O2.C19H36O2.C18H34O2.C17H32O2.C16H30O2/c1-4-5-6-7-8-9-10-11-12-13-14-15-16-17-18-19-20-24-22(23)21(2)3;1-4-5-6-7-8-9-10-11-12-13-14-15-16-17-18-22-20(21)19(2)3;1-4-5-6-7-8-9-10-11-12-13-14-15-16-17-21-19(20)18(2)3;1-4-5-6-7-8-9-10-11-12-13-14-15-16-20-18(19)17(2)3;1-4-5-6-7-8-9-10-11-12-13-14-15-19-17(18)16(2)3;1-4-5-6-7-8-9-10-11-12-13-14-18-16(17)15(2)3/h2,4-20H2,1,3H3;2,4-18H2,1,3H3;2,4-17H2,1,3H3;2,4-16H2,1,3H3;2,4-15H2,1,3H3;2,4-14H2,1,3H3. The summed E-state index contributed by atoms with van der Waals surface area (Å²) < 4.78 is 30.4. The number of hydrogen-bond donors (Lipinski definition) is 0. The lowest BCUT2D eigenvalue weighted by Gasteiger charge is -2.05. The Morgan fingerprint density at radius 1 is 0.129 bits per heavy atom. The second-order valence-electron chi connectivity index (χ2n) is 36.2. The van der Waals surface area contributed by atoms with Gasteiger partial charge in [0.2, 0.25) is 0 Å². The molecule has 0 aliphatic heterocycles. The molecule has 0 atom stereocenters. The molecule has 0 aromatic heterocycles. The molecule has 0 saturated heterocycles. The van der Waals surface area contributed by atoms with Crippen LogP contribution in [0.2, 0.25) is 0 Å². The Morgan fingerprint density at radius 3 is 0.258 bits per heavy atom. The van der Waals surface area contributed by atoms with Crippen LogP contribution in [0, 0.1) is 0 Å². The molecule has 124 heavy (non-hydrogen) atoms. The Hall–Kier alpha value is -4.74. The van der Waals surface area contributed by atoms with Gasteiger partial charge in [-0.3, -0.25) is 0 Å². The van der Waals surface area contributed by atoms with E-state index in [1.165, 1.54) is 449 Å². The molecule has 0 aliphatic rings. The molecule has 0 fully saturated rings. The van der Waals surface area contributed by atoms with Gasteiger partial charge in [0.15, 0.2) is 0 Å². The van der Waals surface area contributed by atoms with Crippen LogP contribution in [0.15, 0.2) is 72.9 Å². The van der Waals surface area contributed by atoms with Gasteiger partial charge in [-0.25, -0.2) is 28.8 Å². The lowest BCUT2D eigenvalue weighted by atomic mass is 10.0. The fourth-order valence-corrected chi connectivity index (χ4v) is 14.1. The summed E-state index contributed by atoms with van der Waals surface area (Å²) in [5.74, 6) is -1.54. The molecule has 732 valence electrons. The lowest BCUT2D eigenvalue weighted by molar-refractivity contribution is -0.139. The Labute approximate surface area is 772 Å². The van der Waals surface area contributed by atoms with Crippen molar-refractivity contribution in [2.24, 2.45) is 0 Å². The normalized spacial score (nSPS) is 10.5. The van der Waals surface area contributed by atoms with Crippen molar-refractivity contribution in [2.75, 3.05) is 39.6 Å². The quantitative estimate of drug-likeness (QED) is 0.0246. The molecule has 0 aromatic carbocycles. The van der Waals surface area contributed by atoms with Gasteiger partial charge >= 0.3 is 35.8 Å². The zero-order valence-corrected chi connectivity index (χ0v) is 85.1. The van der Waals surface area contributed by atoms with Crippen molar-refractivity contribution in [3.63, 3.8) is 0 Å². The minimum absolute atomic E-state index is 0.254. The molecule has 0 N–H and O–H groups in total. The maximum Gasteiger partial charge on any atom is 0.333 e. The van der Waals surface area contributed by atoms with Crippen LogP contribution in [0.3, 0.4) is 0 Å². The highest BCUT2D eigenvalue weighted by atomic mass is 16.6. The number of unbranched alkanes of at least 4 members (excludes halogenated alkanes) is 70. The number of rotatable bonds is 88. The monoisotopic (exact) mass is 1750 g/mol. The average Bonchev–Trinajstić information content (AvgIpc) is 1.04. The zero-order chi connectivity index (χ0) is 93.2. The second-order valence-corrected chi connectivity index (χ2v) is 36.2. The molecule has 12 heteroatoms. The molecule has 0 rings (SSSR count). The van der Waals surface area contributed by atoms with E-state index in [9.17, 15) is 28.8 Å². The molecule has 0 amide bonds. The zero-order valence-electron chi connectivity index (χ0n) is 85.1. The predicted molar refractivity (Wildman–Crippen MR) is 540 cm³/mol. The molecule has 12 nitrogen and oxygen atoms in total. The Kier molecular flexibility index (Phi) is 120. The molecule has 0 unspecified atom stereocenters. The van der Waals surface area contributed by atoms with Crippen LogP contribution in [0.5, 0.6) is 0 Å². The summed E-state index contributed by atoms with van der Waals surface area (Å²) in [5.41, 5.74) is 2.94. The number of carbonyl (C=O) groups excluding carboxylic acids is 6. The summed E-state index contributed by atoms with van der Waals surface area (Å²) in [7, 11) is 0. The maximum atomic E-state index is 11.2. The van der Waals surface area contributed by atoms with Crippen molar-refractivity contribution in [3.05, 3.63) is 72.9 Å². The molecule has 0 aliphatic carbocycles. The van der Waals surface area contributed by atoms with Crippen molar-refractivity contribution in [1.29, 1.82) is 0 Å². The largest absolute Gasteiger partial charge is 0.462 e. The topological polar surface area (TPSA) is 158 Å². The molecular weight excluding hydrogens is 1540 g/mol. The van der Waals surface area contributed by atoms with E-state index in [1.54, 1.807) is 41.5 Å².